The molecule has 1 aromatic carbocycles. The van der Waals surface area contributed by atoms with Crippen molar-refractivity contribution in [3.05, 3.63) is 65.3 Å². The summed E-state index contributed by atoms with van der Waals surface area (Å²) < 4.78 is 31.7. The molecule has 2 aromatic heterocycles. The maximum absolute atomic E-state index is 12.3. The molecule has 142 valence electrons. The number of hydrogen-bond donors (Lipinski definition) is 1. The highest BCUT2D eigenvalue weighted by molar-refractivity contribution is 7.89. The summed E-state index contributed by atoms with van der Waals surface area (Å²) in [5.74, 6) is 1.54. The van der Waals surface area contributed by atoms with Gasteiger partial charge in [-0.3, -0.25) is 4.98 Å². The smallest absolute Gasteiger partial charge is 0.338 e. The van der Waals surface area contributed by atoms with Crippen LogP contribution in [0.4, 0.5) is 0 Å². The third-order valence-corrected chi connectivity index (χ3v) is 5.84. The molecular formula is C19H15N3O4S2. The summed E-state index contributed by atoms with van der Waals surface area (Å²) in [6.45, 7) is -0.173. The van der Waals surface area contributed by atoms with Crippen molar-refractivity contribution < 1.29 is 17.9 Å². The number of hydrogen-bond acceptors (Lipinski definition) is 7. The Hall–Kier alpha value is -3.06. The van der Waals surface area contributed by atoms with Crippen molar-refractivity contribution in [2.75, 3.05) is 6.54 Å². The second-order valence-electron chi connectivity index (χ2n) is 5.49. The van der Waals surface area contributed by atoms with E-state index in [1.165, 1.54) is 35.6 Å². The van der Waals surface area contributed by atoms with Crippen molar-refractivity contribution >= 4 is 27.3 Å². The second kappa shape index (κ2) is 8.75. The van der Waals surface area contributed by atoms with Crippen LogP contribution in [0.2, 0.25) is 0 Å². The molecule has 3 rings (SSSR count). The van der Waals surface area contributed by atoms with Crippen molar-refractivity contribution in [1.29, 1.82) is 0 Å². The Morgan fingerprint density at radius 2 is 2.11 bits per heavy atom. The van der Waals surface area contributed by atoms with Crippen LogP contribution in [0, 0.1) is 12.3 Å². The largest absolute Gasteiger partial charge is 0.456 e. The van der Waals surface area contributed by atoms with E-state index < -0.39 is 16.0 Å². The maximum atomic E-state index is 12.3. The first-order valence-corrected chi connectivity index (χ1v) is 10.4. The predicted octanol–water partition coefficient (Wildman–Crippen LogP) is 2.47. The van der Waals surface area contributed by atoms with Gasteiger partial charge >= 0.3 is 5.97 Å². The molecule has 0 aliphatic carbocycles. The zero-order valence-electron chi connectivity index (χ0n) is 14.5. The molecule has 0 saturated heterocycles. The van der Waals surface area contributed by atoms with Crippen molar-refractivity contribution in [1.82, 2.24) is 14.7 Å². The summed E-state index contributed by atoms with van der Waals surface area (Å²) in [4.78, 5) is 20.8. The van der Waals surface area contributed by atoms with Crippen LogP contribution in [-0.4, -0.2) is 30.9 Å². The van der Waals surface area contributed by atoms with Gasteiger partial charge in [0.05, 0.1) is 28.4 Å². The van der Waals surface area contributed by atoms with Crippen LogP contribution in [0.1, 0.15) is 16.1 Å². The molecule has 0 aliphatic rings. The number of aromatic nitrogens is 2. The van der Waals surface area contributed by atoms with Gasteiger partial charge in [-0.1, -0.05) is 18.1 Å². The molecule has 0 unspecified atom stereocenters. The third-order valence-electron chi connectivity index (χ3n) is 3.53. The van der Waals surface area contributed by atoms with Crippen LogP contribution >= 0.6 is 11.3 Å². The topological polar surface area (TPSA) is 98.2 Å². The number of ether oxygens (including phenoxy) is 1. The molecule has 0 amide bonds. The van der Waals surface area contributed by atoms with E-state index in [-0.39, 0.29) is 23.6 Å². The van der Waals surface area contributed by atoms with E-state index in [0.717, 1.165) is 10.7 Å². The number of pyridine rings is 1. The minimum absolute atomic E-state index is 0.0332. The zero-order chi connectivity index (χ0) is 20.0. The van der Waals surface area contributed by atoms with Crippen LogP contribution in [0.25, 0.3) is 10.7 Å². The Bertz CT molecular complexity index is 1120. The molecule has 0 bridgehead atoms. The van der Waals surface area contributed by atoms with Gasteiger partial charge in [0, 0.05) is 11.6 Å². The van der Waals surface area contributed by atoms with Gasteiger partial charge in [-0.05, 0) is 30.3 Å². The highest BCUT2D eigenvalue weighted by atomic mass is 32.2. The van der Waals surface area contributed by atoms with Gasteiger partial charge in [0.25, 0.3) is 0 Å². The Morgan fingerprint density at radius 3 is 2.86 bits per heavy atom. The van der Waals surface area contributed by atoms with E-state index in [0.29, 0.717) is 5.69 Å². The number of carbonyl (C=O) groups excluding carboxylic acids is 1. The molecule has 7 nitrogen and oxygen atoms in total. The minimum Gasteiger partial charge on any atom is -0.456 e. The lowest BCUT2D eigenvalue weighted by molar-refractivity contribution is 0.0468. The molecule has 2 heterocycles. The zero-order valence-corrected chi connectivity index (χ0v) is 16.2. The van der Waals surface area contributed by atoms with E-state index in [2.05, 4.69) is 20.6 Å². The normalized spacial score (nSPS) is 11.0. The predicted molar refractivity (Wildman–Crippen MR) is 105 cm³/mol. The van der Waals surface area contributed by atoms with Crippen LogP contribution in [0.5, 0.6) is 0 Å². The SMILES string of the molecule is C#CCNS(=O)(=O)c1cccc(C(=O)OCc2csc(-c3ccccn3)n2)c1. The summed E-state index contributed by atoms with van der Waals surface area (Å²) in [6.07, 6.45) is 6.74. The van der Waals surface area contributed by atoms with Gasteiger partial charge in [-0.15, -0.1) is 17.8 Å². The Kier molecular flexibility index (Phi) is 6.16. The quantitative estimate of drug-likeness (QED) is 0.472. The van der Waals surface area contributed by atoms with Crippen LogP contribution in [0.3, 0.4) is 0 Å². The molecular weight excluding hydrogens is 398 g/mol. The van der Waals surface area contributed by atoms with Crippen molar-refractivity contribution in [2.45, 2.75) is 11.5 Å². The summed E-state index contributed by atoms with van der Waals surface area (Å²) in [7, 11) is -3.79. The number of nitrogens with one attached hydrogen (secondary N) is 1. The summed E-state index contributed by atoms with van der Waals surface area (Å²) in [5.41, 5.74) is 1.43. The molecule has 9 heteroatoms. The van der Waals surface area contributed by atoms with Gasteiger partial charge in [0.15, 0.2) is 0 Å². The van der Waals surface area contributed by atoms with E-state index in [4.69, 9.17) is 11.2 Å². The number of esters is 1. The highest BCUT2D eigenvalue weighted by Gasteiger charge is 2.16. The molecule has 0 saturated carbocycles. The molecule has 0 radical (unpaired) electrons. The van der Waals surface area contributed by atoms with Crippen molar-refractivity contribution in [3.63, 3.8) is 0 Å². The number of sulfonamides is 1. The third kappa shape index (κ3) is 4.80. The Balaban J connectivity index is 1.67. The summed E-state index contributed by atoms with van der Waals surface area (Å²) >= 11 is 1.39. The van der Waals surface area contributed by atoms with Crippen LogP contribution in [-0.2, 0) is 21.4 Å². The number of carbonyl (C=O) groups is 1. The van der Waals surface area contributed by atoms with Crippen LogP contribution < -0.4 is 4.72 Å². The van der Waals surface area contributed by atoms with Gasteiger partial charge in [-0.2, -0.15) is 4.72 Å². The first-order chi connectivity index (χ1) is 13.5. The molecule has 1 N–H and O–H groups in total. The maximum Gasteiger partial charge on any atom is 0.338 e. The van der Waals surface area contributed by atoms with E-state index in [9.17, 15) is 13.2 Å². The summed E-state index contributed by atoms with van der Waals surface area (Å²) in [5, 5.41) is 2.50. The van der Waals surface area contributed by atoms with Gasteiger partial charge in [0.2, 0.25) is 10.0 Å². The first-order valence-electron chi connectivity index (χ1n) is 8.06. The Labute approximate surface area is 166 Å². The monoisotopic (exact) mass is 413 g/mol. The lowest BCUT2D eigenvalue weighted by Gasteiger charge is -2.07. The molecule has 28 heavy (non-hydrogen) atoms. The number of rotatable bonds is 7. The molecule has 0 spiro atoms. The fraction of sp³-hybridized carbons (Fsp3) is 0.105. The number of benzene rings is 1. The average Bonchev–Trinajstić information content (AvgIpc) is 3.20. The molecule has 0 aliphatic heterocycles. The standard InChI is InChI=1S/C19H15N3O4S2/c1-2-9-21-28(24,25)16-7-5-6-14(11-16)19(23)26-12-15-13-27-18(22-15)17-8-3-4-10-20-17/h1,3-8,10-11,13,21H,9,12H2. The van der Waals surface area contributed by atoms with Gasteiger partial charge < -0.3 is 4.74 Å². The van der Waals surface area contributed by atoms with Gasteiger partial charge in [-0.25, -0.2) is 18.2 Å². The second-order valence-corrected chi connectivity index (χ2v) is 8.12. The lowest BCUT2D eigenvalue weighted by atomic mass is 10.2. The minimum atomic E-state index is -3.79. The van der Waals surface area contributed by atoms with Gasteiger partial charge in [0.1, 0.15) is 11.6 Å². The first kappa shape index (κ1) is 19.7. The van der Waals surface area contributed by atoms with E-state index >= 15 is 0 Å². The van der Waals surface area contributed by atoms with E-state index in [1.807, 2.05) is 18.2 Å². The highest BCUT2D eigenvalue weighted by Crippen LogP contribution is 2.22. The average molecular weight is 413 g/mol. The number of thiazole rings is 1. The van der Waals surface area contributed by atoms with Crippen molar-refractivity contribution in [3.8, 4) is 23.0 Å². The number of nitrogens with zero attached hydrogens (tertiary/aromatic N) is 2. The number of terminal acetylenes is 1. The lowest BCUT2D eigenvalue weighted by Crippen LogP contribution is -2.24. The summed E-state index contributed by atoms with van der Waals surface area (Å²) in [6, 6.07) is 11.1. The molecule has 0 atom stereocenters. The fourth-order valence-electron chi connectivity index (χ4n) is 2.21. The molecule has 3 aromatic rings. The fourth-order valence-corrected chi connectivity index (χ4v) is 3.97. The molecule has 0 fully saturated rings. The van der Waals surface area contributed by atoms with Crippen molar-refractivity contribution in [2.24, 2.45) is 0 Å². The Morgan fingerprint density at radius 1 is 1.25 bits per heavy atom. The van der Waals surface area contributed by atoms with E-state index in [1.54, 1.807) is 11.6 Å². The van der Waals surface area contributed by atoms with Crippen LogP contribution in [0.15, 0.2) is 58.9 Å².